The van der Waals surface area contributed by atoms with Gasteiger partial charge in [-0.1, -0.05) is 6.07 Å². The zero-order valence-corrected chi connectivity index (χ0v) is 18.6. The summed E-state index contributed by atoms with van der Waals surface area (Å²) < 4.78 is 0. The first-order valence-corrected chi connectivity index (χ1v) is 11.9. The summed E-state index contributed by atoms with van der Waals surface area (Å²) in [5.74, 6) is 1.85. The Labute approximate surface area is 182 Å². The van der Waals surface area contributed by atoms with Crippen LogP contribution >= 0.6 is 11.8 Å². The minimum absolute atomic E-state index is 0.0478. The molecule has 2 amide bonds. The summed E-state index contributed by atoms with van der Waals surface area (Å²) >= 11 is 1.67. The molecule has 160 valence electrons. The molecule has 1 unspecified atom stereocenters. The van der Waals surface area contributed by atoms with E-state index in [0.29, 0.717) is 19.1 Å². The number of nitrogens with zero attached hydrogens (tertiary/aromatic N) is 5. The second-order valence-electron chi connectivity index (χ2n) is 7.92. The summed E-state index contributed by atoms with van der Waals surface area (Å²) in [5, 5.41) is 12.0. The van der Waals surface area contributed by atoms with Crippen molar-refractivity contribution in [2.24, 2.45) is 0 Å². The Balaban J connectivity index is 1.31. The molecule has 2 aliphatic heterocycles. The van der Waals surface area contributed by atoms with Gasteiger partial charge in [-0.2, -0.15) is 0 Å². The molecule has 4 rings (SSSR count). The molecule has 2 fully saturated rings. The lowest BCUT2D eigenvalue weighted by atomic mass is 10.0. The van der Waals surface area contributed by atoms with Crippen LogP contribution in [0.3, 0.4) is 0 Å². The first-order chi connectivity index (χ1) is 14.6. The van der Waals surface area contributed by atoms with E-state index in [2.05, 4.69) is 44.4 Å². The first kappa shape index (κ1) is 20.8. The maximum Gasteiger partial charge on any atom is 0.321 e. The second kappa shape index (κ2) is 9.55. The average molecular weight is 427 g/mol. The Morgan fingerprint density at radius 2 is 1.80 bits per heavy atom. The third-order valence-electron chi connectivity index (χ3n) is 5.95. The summed E-state index contributed by atoms with van der Waals surface area (Å²) in [4.78, 5) is 20.2. The maximum absolute atomic E-state index is 12.6. The SMILES string of the molecule is CSc1cccc(NC(=O)N2CCN(c3ccc(N4CCCCC4C)nn3)CC2)c1. The molecule has 8 heteroatoms. The fourth-order valence-corrected chi connectivity index (χ4v) is 4.58. The third kappa shape index (κ3) is 4.80. The molecule has 30 heavy (non-hydrogen) atoms. The topological polar surface area (TPSA) is 64.6 Å². The van der Waals surface area contributed by atoms with Crippen LogP contribution in [0.5, 0.6) is 0 Å². The Morgan fingerprint density at radius 3 is 2.50 bits per heavy atom. The van der Waals surface area contributed by atoms with Gasteiger partial charge in [0.15, 0.2) is 11.6 Å². The standard InChI is InChI=1S/C22H30N6OS/c1-17-6-3-4-11-28(17)21-10-9-20(24-25-21)26-12-14-27(15-13-26)22(29)23-18-7-5-8-19(16-18)30-2/h5,7-10,16-17H,3-4,6,11-15H2,1-2H3,(H,23,29). The highest BCUT2D eigenvalue weighted by Gasteiger charge is 2.24. The molecule has 1 aromatic carbocycles. The minimum atomic E-state index is -0.0478. The molecule has 1 N–H and O–H groups in total. The van der Waals surface area contributed by atoms with Crippen LogP contribution in [0.4, 0.5) is 22.1 Å². The predicted octanol–water partition coefficient (Wildman–Crippen LogP) is 3.93. The number of amides is 2. The number of thioether (sulfide) groups is 1. The van der Waals surface area contributed by atoms with Crippen molar-refractivity contribution in [1.82, 2.24) is 15.1 Å². The van der Waals surface area contributed by atoms with Crippen LogP contribution < -0.4 is 15.1 Å². The number of aromatic nitrogens is 2. The van der Waals surface area contributed by atoms with Crippen LogP contribution in [0.1, 0.15) is 26.2 Å². The van der Waals surface area contributed by atoms with E-state index >= 15 is 0 Å². The molecule has 2 aromatic rings. The van der Waals surface area contributed by atoms with E-state index in [1.54, 1.807) is 11.8 Å². The van der Waals surface area contributed by atoms with Gasteiger partial charge in [-0.05, 0) is 62.8 Å². The molecular formula is C22H30N6OS. The zero-order chi connectivity index (χ0) is 20.9. The number of anilines is 3. The molecule has 0 aliphatic carbocycles. The maximum atomic E-state index is 12.6. The molecule has 0 radical (unpaired) electrons. The smallest absolute Gasteiger partial charge is 0.321 e. The average Bonchev–Trinajstić information content (AvgIpc) is 2.80. The number of hydrogen-bond donors (Lipinski definition) is 1. The highest BCUT2D eigenvalue weighted by atomic mass is 32.2. The minimum Gasteiger partial charge on any atom is -0.352 e. The zero-order valence-electron chi connectivity index (χ0n) is 17.8. The summed E-state index contributed by atoms with van der Waals surface area (Å²) in [7, 11) is 0. The first-order valence-electron chi connectivity index (χ1n) is 10.7. The van der Waals surface area contributed by atoms with Gasteiger partial charge in [-0.25, -0.2) is 4.79 Å². The van der Waals surface area contributed by atoms with Crippen molar-refractivity contribution in [3.8, 4) is 0 Å². The predicted molar refractivity (Wildman–Crippen MR) is 124 cm³/mol. The number of hydrogen-bond acceptors (Lipinski definition) is 6. The van der Waals surface area contributed by atoms with Crippen LogP contribution in [0.15, 0.2) is 41.3 Å². The number of carbonyl (C=O) groups excluding carboxylic acids is 1. The fourth-order valence-electron chi connectivity index (χ4n) is 4.12. The fraction of sp³-hybridized carbons (Fsp3) is 0.500. The summed E-state index contributed by atoms with van der Waals surface area (Å²) in [6.07, 6.45) is 5.77. The Morgan fingerprint density at radius 1 is 1.03 bits per heavy atom. The van der Waals surface area contributed by atoms with E-state index < -0.39 is 0 Å². The van der Waals surface area contributed by atoms with Crippen molar-refractivity contribution >= 4 is 35.1 Å². The van der Waals surface area contributed by atoms with Crippen molar-refractivity contribution in [2.45, 2.75) is 37.1 Å². The van der Waals surface area contributed by atoms with Crippen molar-refractivity contribution in [3.05, 3.63) is 36.4 Å². The molecular weight excluding hydrogens is 396 g/mol. The van der Waals surface area contributed by atoms with Crippen molar-refractivity contribution in [2.75, 3.05) is 54.1 Å². The van der Waals surface area contributed by atoms with Gasteiger partial charge in [0.05, 0.1) is 0 Å². The lowest BCUT2D eigenvalue weighted by Gasteiger charge is -2.36. The summed E-state index contributed by atoms with van der Waals surface area (Å²) in [6.45, 7) is 6.17. The van der Waals surface area contributed by atoms with Gasteiger partial charge in [0.2, 0.25) is 0 Å². The number of rotatable bonds is 4. The van der Waals surface area contributed by atoms with Gasteiger partial charge < -0.3 is 20.0 Å². The highest BCUT2D eigenvalue weighted by Crippen LogP contribution is 2.24. The Hall–Kier alpha value is -2.48. The van der Waals surface area contributed by atoms with Gasteiger partial charge >= 0.3 is 6.03 Å². The van der Waals surface area contributed by atoms with Gasteiger partial charge in [-0.3, -0.25) is 0 Å². The number of urea groups is 1. The van der Waals surface area contributed by atoms with E-state index in [1.807, 2.05) is 35.4 Å². The molecule has 1 atom stereocenters. The van der Waals surface area contributed by atoms with E-state index in [1.165, 1.54) is 19.3 Å². The largest absolute Gasteiger partial charge is 0.352 e. The normalized spacial score (nSPS) is 19.7. The quantitative estimate of drug-likeness (QED) is 0.748. The molecule has 0 saturated carbocycles. The van der Waals surface area contributed by atoms with Crippen LogP contribution in [-0.2, 0) is 0 Å². The van der Waals surface area contributed by atoms with Gasteiger partial charge in [0.1, 0.15) is 0 Å². The lowest BCUT2D eigenvalue weighted by Crippen LogP contribution is -2.50. The summed E-state index contributed by atoms with van der Waals surface area (Å²) in [6, 6.07) is 12.6. The Bertz CT molecular complexity index is 853. The van der Waals surface area contributed by atoms with Crippen molar-refractivity contribution in [3.63, 3.8) is 0 Å². The van der Waals surface area contributed by atoms with Crippen molar-refractivity contribution < 1.29 is 4.79 Å². The summed E-state index contributed by atoms with van der Waals surface area (Å²) in [5.41, 5.74) is 0.836. The molecule has 7 nitrogen and oxygen atoms in total. The number of piperazine rings is 1. The van der Waals surface area contributed by atoms with Crippen LogP contribution in [0.25, 0.3) is 0 Å². The Kier molecular flexibility index (Phi) is 6.62. The molecule has 2 aliphatic rings. The number of benzene rings is 1. The highest BCUT2D eigenvalue weighted by molar-refractivity contribution is 7.98. The van der Waals surface area contributed by atoms with Crippen LogP contribution in [0.2, 0.25) is 0 Å². The van der Waals surface area contributed by atoms with E-state index in [0.717, 1.165) is 41.9 Å². The van der Waals surface area contributed by atoms with Gasteiger partial charge in [0.25, 0.3) is 0 Å². The molecule has 1 aromatic heterocycles. The van der Waals surface area contributed by atoms with Gasteiger partial charge in [0, 0.05) is 49.3 Å². The molecule has 0 bridgehead atoms. The third-order valence-corrected chi connectivity index (χ3v) is 6.67. The van der Waals surface area contributed by atoms with E-state index in [9.17, 15) is 4.79 Å². The van der Waals surface area contributed by atoms with Crippen LogP contribution in [0, 0.1) is 0 Å². The number of nitrogens with one attached hydrogen (secondary N) is 1. The second-order valence-corrected chi connectivity index (χ2v) is 8.80. The lowest BCUT2D eigenvalue weighted by molar-refractivity contribution is 0.208. The number of piperidine rings is 1. The molecule has 0 spiro atoms. The van der Waals surface area contributed by atoms with E-state index in [4.69, 9.17) is 0 Å². The number of carbonyl (C=O) groups is 1. The molecule has 3 heterocycles. The van der Waals surface area contributed by atoms with Crippen LogP contribution in [-0.4, -0.2) is 66.1 Å². The van der Waals surface area contributed by atoms with E-state index in [-0.39, 0.29) is 6.03 Å². The van der Waals surface area contributed by atoms with Crippen molar-refractivity contribution in [1.29, 1.82) is 0 Å². The monoisotopic (exact) mass is 426 g/mol. The van der Waals surface area contributed by atoms with Gasteiger partial charge in [-0.15, -0.1) is 22.0 Å². The molecule has 2 saturated heterocycles.